The van der Waals surface area contributed by atoms with Gasteiger partial charge < -0.3 is 15.2 Å². The molecule has 3 rings (SSSR count). The molecule has 0 aliphatic carbocycles. The Balaban J connectivity index is 2.29. The van der Waals surface area contributed by atoms with Crippen LogP contribution in [0, 0.1) is 34.0 Å². The van der Waals surface area contributed by atoms with Crippen molar-refractivity contribution in [3.63, 3.8) is 0 Å². The molecule has 1 aliphatic rings. The molecular formula is C22H18N4O4. The first kappa shape index (κ1) is 20.6. The fourth-order valence-electron chi connectivity index (χ4n) is 3.68. The highest BCUT2D eigenvalue weighted by Gasteiger charge is 2.58. The Kier molecular flexibility index (Phi) is 5.52. The summed E-state index contributed by atoms with van der Waals surface area (Å²) in [6.45, 7) is 0. The number of nitrogens with two attached hydrogens (primary N) is 1. The van der Waals surface area contributed by atoms with Gasteiger partial charge in [-0.15, -0.1) is 0 Å². The summed E-state index contributed by atoms with van der Waals surface area (Å²) in [6, 6.07) is 16.7. The highest BCUT2D eigenvalue weighted by Crippen LogP contribution is 2.47. The van der Waals surface area contributed by atoms with Crippen LogP contribution in [0.3, 0.4) is 0 Å². The minimum atomic E-state index is -2.03. The summed E-state index contributed by atoms with van der Waals surface area (Å²) in [7, 11) is 2.99. The maximum absolute atomic E-state index is 12.7. The number of carbonyl (C=O) groups is 2. The molecule has 8 heteroatoms. The van der Waals surface area contributed by atoms with Gasteiger partial charge in [-0.2, -0.15) is 10.5 Å². The SMILES string of the molecule is COc1ccc(C2=NC(=O)C(C#N)C(c3ccc(OC)cc3)C2(C#N)C(N)=O)cc1. The number of nitriles is 2. The maximum Gasteiger partial charge on any atom is 0.264 e. The molecule has 0 radical (unpaired) electrons. The highest BCUT2D eigenvalue weighted by atomic mass is 16.5. The zero-order valence-electron chi connectivity index (χ0n) is 16.3. The van der Waals surface area contributed by atoms with E-state index in [2.05, 4.69) is 4.99 Å². The van der Waals surface area contributed by atoms with Crippen molar-refractivity contribution in [3.8, 4) is 23.6 Å². The molecule has 2 N–H and O–H groups in total. The second-order valence-corrected chi connectivity index (χ2v) is 6.67. The highest BCUT2D eigenvalue weighted by molar-refractivity contribution is 6.24. The van der Waals surface area contributed by atoms with Crippen LogP contribution < -0.4 is 15.2 Å². The molecule has 2 aromatic carbocycles. The van der Waals surface area contributed by atoms with E-state index < -0.39 is 29.1 Å². The van der Waals surface area contributed by atoms with Crippen molar-refractivity contribution in [2.45, 2.75) is 5.92 Å². The largest absolute Gasteiger partial charge is 0.497 e. The van der Waals surface area contributed by atoms with E-state index in [1.54, 1.807) is 48.5 Å². The Hall–Kier alpha value is -4.17. The van der Waals surface area contributed by atoms with Crippen molar-refractivity contribution >= 4 is 17.5 Å². The van der Waals surface area contributed by atoms with Crippen LogP contribution in [0.2, 0.25) is 0 Å². The molecule has 1 heterocycles. The molecule has 150 valence electrons. The lowest BCUT2D eigenvalue weighted by molar-refractivity contribution is -0.126. The molecule has 3 atom stereocenters. The van der Waals surface area contributed by atoms with Gasteiger partial charge in [-0.3, -0.25) is 9.59 Å². The second kappa shape index (κ2) is 8.06. The Bertz CT molecular complexity index is 1090. The van der Waals surface area contributed by atoms with Gasteiger partial charge in [-0.1, -0.05) is 12.1 Å². The summed E-state index contributed by atoms with van der Waals surface area (Å²) in [5.74, 6) is -3.14. The third-order valence-electron chi connectivity index (χ3n) is 5.20. The first-order chi connectivity index (χ1) is 14.4. The molecule has 0 spiro atoms. The van der Waals surface area contributed by atoms with Crippen LogP contribution in [0.5, 0.6) is 11.5 Å². The van der Waals surface area contributed by atoms with Gasteiger partial charge in [0, 0.05) is 5.92 Å². The van der Waals surface area contributed by atoms with Crippen LogP contribution in [0.4, 0.5) is 0 Å². The van der Waals surface area contributed by atoms with Crippen molar-refractivity contribution in [3.05, 3.63) is 59.7 Å². The van der Waals surface area contributed by atoms with Gasteiger partial charge in [0.25, 0.3) is 5.91 Å². The lowest BCUT2D eigenvalue weighted by atomic mass is 9.61. The van der Waals surface area contributed by atoms with E-state index >= 15 is 0 Å². The molecular weight excluding hydrogens is 384 g/mol. The smallest absolute Gasteiger partial charge is 0.264 e. The third kappa shape index (κ3) is 3.15. The number of ether oxygens (including phenoxy) is 2. The number of hydrogen-bond donors (Lipinski definition) is 1. The molecule has 2 aromatic rings. The molecule has 3 unspecified atom stereocenters. The summed E-state index contributed by atoms with van der Waals surface area (Å²) in [5, 5.41) is 19.9. The molecule has 0 fully saturated rings. The summed E-state index contributed by atoms with van der Waals surface area (Å²) >= 11 is 0. The fraction of sp³-hybridized carbons (Fsp3) is 0.227. The van der Waals surface area contributed by atoms with E-state index in [1.807, 2.05) is 12.1 Å². The fourth-order valence-corrected chi connectivity index (χ4v) is 3.68. The van der Waals surface area contributed by atoms with Gasteiger partial charge in [-0.25, -0.2) is 4.99 Å². The quantitative estimate of drug-likeness (QED) is 0.811. The minimum Gasteiger partial charge on any atom is -0.497 e. The summed E-state index contributed by atoms with van der Waals surface area (Å²) in [6.07, 6.45) is 0. The van der Waals surface area contributed by atoms with Crippen LogP contribution in [0.25, 0.3) is 0 Å². The van der Waals surface area contributed by atoms with Crippen molar-refractivity contribution in [2.24, 2.45) is 22.1 Å². The van der Waals surface area contributed by atoms with Crippen molar-refractivity contribution in [1.82, 2.24) is 0 Å². The van der Waals surface area contributed by atoms with E-state index in [0.717, 1.165) is 0 Å². The number of benzene rings is 2. The predicted octanol–water partition coefficient (Wildman–Crippen LogP) is 1.95. The topological polar surface area (TPSA) is 139 Å². The van der Waals surface area contributed by atoms with Gasteiger partial charge in [-0.05, 0) is 47.5 Å². The standard InChI is InChI=1S/C22H18N4O4/c1-29-15-7-3-13(4-8-15)18-17(11-23)20(27)26-19(22(18,12-24)21(25)28)14-5-9-16(30-2)10-6-14/h3-10,17-18H,1-2H3,(H2,25,28). The van der Waals surface area contributed by atoms with Crippen LogP contribution >= 0.6 is 0 Å². The Labute approximate surface area is 173 Å². The number of amides is 2. The molecule has 8 nitrogen and oxygen atoms in total. The second-order valence-electron chi connectivity index (χ2n) is 6.67. The number of methoxy groups -OCH3 is 2. The summed E-state index contributed by atoms with van der Waals surface area (Å²) in [5.41, 5.74) is 4.40. The number of hydrogen-bond acceptors (Lipinski definition) is 6. The van der Waals surface area contributed by atoms with E-state index in [1.165, 1.54) is 14.2 Å². The third-order valence-corrected chi connectivity index (χ3v) is 5.20. The number of primary amides is 1. The molecule has 30 heavy (non-hydrogen) atoms. The predicted molar refractivity (Wildman–Crippen MR) is 107 cm³/mol. The monoisotopic (exact) mass is 402 g/mol. The average Bonchev–Trinajstić information content (AvgIpc) is 2.78. The summed E-state index contributed by atoms with van der Waals surface area (Å²) in [4.78, 5) is 29.5. The van der Waals surface area contributed by atoms with Crippen LogP contribution in [0.15, 0.2) is 53.5 Å². The van der Waals surface area contributed by atoms with Gasteiger partial charge >= 0.3 is 0 Å². The van der Waals surface area contributed by atoms with E-state index in [4.69, 9.17) is 15.2 Å². The molecule has 0 saturated heterocycles. The molecule has 2 amide bonds. The van der Waals surface area contributed by atoms with Crippen molar-refractivity contribution in [1.29, 1.82) is 10.5 Å². The molecule has 0 saturated carbocycles. The summed E-state index contributed by atoms with van der Waals surface area (Å²) < 4.78 is 10.3. The number of carbonyl (C=O) groups excluding carboxylic acids is 2. The Morgan fingerprint density at radius 2 is 1.57 bits per heavy atom. The average molecular weight is 402 g/mol. The maximum atomic E-state index is 12.7. The van der Waals surface area contributed by atoms with Crippen molar-refractivity contribution in [2.75, 3.05) is 14.2 Å². The Morgan fingerprint density at radius 1 is 1.03 bits per heavy atom. The van der Waals surface area contributed by atoms with Gasteiger partial charge in [0.1, 0.15) is 17.4 Å². The van der Waals surface area contributed by atoms with Crippen LogP contribution in [-0.2, 0) is 9.59 Å². The lowest BCUT2D eigenvalue weighted by Gasteiger charge is -2.38. The molecule has 0 bridgehead atoms. The van der Waals surface area contributed by atoms with Crippen molar-refractivity contribution < 1.29 is 19.1 Å². The zero-order chi connectivity index (χ0) is 21.9. The lowest BCUT2D eigenvalue weighted by Crippen LogP contribution is -2.53. The van der Waals surface area contributed by atoms with E-state index in [-0.39, 0.29) is 5.71 Å². The number of rotatable bonds is 5. The normalized spacial score (nSPS) is 22.9. The first-order valence-electron chi connectivity index (χ1n) is 8.95. The number of aliphatic imine (C=N–C) groups is 1. The molecule has 0 aromatic heterocycles. The molecule has 1 aliphatic heterocycles. The number of nitrogens with zero attached hydrogens (tertiary/aromatic N) is 3. The first-order valence-corrected chi connectivity index (χ1v) is 8.95. The van der Waals surface area contributed by atoms with Gasteiger partial charge in [0.2, 0.25) is 5.91 Å². The van der Waals surface area contributed by atoms with Gasteiger partial charge in [0.05, 0.1) is 32.1 Å². The van der Waals surface area contributed by atoms with Crippen LogP contribution in [0.1, 0.15) is 17.0 Å². The van der Waals surface area contributed by atoms with E-state index in [9.17, 15) is 20.1 Å². The van der Waals surface area contributed by atoms with Crippen LogP contribution in [-0.4, -0.2) is 31.7 Å². The van der Waals surface area contributed by atoms with Gasteiger partial charge in [0.15, 0.2) is 5.41 Å². The Morgan fingerprint density at radius 3 is 2.00 bits per heavy atom. The van der Waals surface area contributed by atoms with E-state index in [0.29, 0.717) is 22.6 Å². The minimum absolute atomic E-state index is 0.0857. The zero-order valence-corrected chi connectivity index (χ0v) is 16.3.